The minimum atomic E-state index is -0.471. The number of nitrogen functional groups attached to an aromatic ring is 1. The summed E-state index contributed by atoms with van der Waals surface area (Å²) in [5, 5.41) is 0.497. The maximum absolute atomic E-state index is 10.4. The number of aromatic nitrogens is 1. The summed E-state index contributed by atoms with van der Waals surface area (Å²) >= 11 is 1.33. The third kappa shape index (κ3) is 2.06. The molecule has 0 fully saturated rings. The topological polar surface area (TPSA) is 82.0 Å². The second-order valence-electron chi connectivity index (χ2n) is 2.24. The van der Waals surface area contributed by atoms with E-state index in [1.807, 2.05) is 6.92 Å². The normalized spacial score (nSPS) is 10.8. The molecule has 12 heavy (non-hydrogen) atoms. The fourth-order valence-corrected chi connectivity index (χ4v) is 1.48. The minimum absolute atomic E-state index is 0.471. The number of rotatable bonds is 2. The van der Waals surface area contributed by atoms with Gasteiger partial charge in [0.25, 0.3) is 0 Å². The Kier molecular flexibility index (Phi) is 2.44. The number of nitrogens with two attached hydrogens (primary N) is 2. The van der Waals surface area contributed by atoms with E-state index in [0.29, 0.717) is 5.13 Å². The summed E-state index contributed by atoms with van der Waals surface area (Å²) < 4.78 is 0. The first kappa shape index (κ1) is 8.73. The fourth-order valence-electron chi connectivity index (χ4n) is 0.742. The molecule has 0 aliphatic heterocycles. The molecule has 1 heterocycles. The molecular formula is C7H9N3OS. The standard InChI is InChI=1S/C7H9N3OS/c1-4-5(2-3-6(8)11)12-7(9)10-4/h2-3H,1H3,(H2,8,11)(H2,9,10). The predicted octanol–water partition coefficient (Wildman–Crippen LogP) is 0.532. The predicted molar refractivity (Wildman–Crippen MR) is 49.5 cm³/mol. The highest BCUT2D eigenvalue weighted by molar-refractivity contribution is 7.16. The first-order valence-electron chi connectivity index (χ1n) is 3.30. The Morgan fingerprint density at radius 1 is 1.67 bits per heavy atom. The Morgan fingerprint density at radius 2 is 2.33 bits per heavy atom. The molecule has 0 unspecified atom stereocenters. The molecule has 0 aromatic carbocycles. The third-order valence-corrected chi connectivity index (χ3v) is 2.20. The van der Waals surface area contributed by atoms with E-state index in [9.17, 15) is 4.79 Å². The van der Waals surface area contributed by atoms with Crippen LogP contribution >= 0.6 is 11.3 Å². The van der Waals surface area contributed by atoms with Gasteiger partial charge in [-0.2, -0.15) is 0 Å². The van der Waals surface area contributed by atoms with Crippen LogP contribution in [0.5, 0.6) is 0 Å². The van der Waals surface area contributed by atoms with Gasteiger partial charge in [0, 0.05) is 6.08 Å². The van der Waals surface area contributed by atoms with Crippen molar-refractivity contribution in [2.24, 2.45) is 5.73 Å². The zero-order valence-corrected chi connectivity index (χ0v) is 7.39. The average molecular weight is 183 g/mol. The van der Waals surface area contributed by atoms with Gasteiger partial charge in [-0.3, -0.25) is 4.79 Å². The largest absolute Gasteiger partial charge is 0.375 e. The lowest BCUT2D eigenvalue weighted by Crippen LogP contribution is -2.04. The zero-order chi connectivity index (χ0) is 9.14. The molecule has 1 aromatic rings. The van der Waals surface area contributed by atoms with Gasteiger partial charge in [-0.05, 0) is 13.0 Å². The fraction of sp³-hybridized carbons (Fsp3) is 0.143. The summed E-state index contributed by atoms with van der Waals surface area (Å²) in [6, 6.07) is 0. The highest BCUT2D eigenvalue weighted by Gasteiger charge is 2.00. The van der Waals surface area contributed by atoms with E-state index in [-0.39, 0.29) is 0 Å². The van der Waals surface area contributed by atoms with Crippen LogP contribution in [0.15, 0.2) is 6.08 Å². The Hall–Kier alpha value is -1.36. The quantitative estimate of drug-likeness (QED) is 0.656. The van der Waals surface area contributed by atoms with Gasteiger partial charge < -0.3 is 11.5 Å². The number of hydrogen-bond acceptors (Lipinski definition) is 4. The van der Waals surface area contributed by atoms with Crippen molar-refractivity contribution in [2.75, 3.05) is 5.73 Å². The molecule has 0 saturated heterocycles. The lowest BCUT2D eigenvalue weighted by molar-refractivity contribution is -0.113. The molecule has 0 aliphatic carbocycles. The minimum Gasteiger partial charge on any atom is -0.375 e. The van der Waals surface area contributed by atoms with E-state index >= 15 is 0 Å². The number of anilines is 1. The van der Waals surface area contributed by atoms with E-state index in [2.05, 4.69) is 4.98 Å². The van der Waals surface area contributed by atoms with Crippen LogP contribution in [-0.4, -0.2) is 10.9 Å². The first-order valence-corrected chi connectivity index (χ1v) is 4.11. The summed E-state index contributed by atoms with van der Waals surface area (Å²) in [6.07, 6.45) is 2.91. The van der Waals surface area contributed by atoms with E-state index in [4.69, 9.17) is 11.5 Å². The number of carbonyl (C=O) groups is 1. The second-order valence-corrected chi connectivity index (χ2v) is 3.30. The summed E-state index contributed by atoms with van der Waals surface area (Å²) in [6.45, 7) is 1.83. The summed E-state index contributed by atoms with van der Waals surface area (Å²) in [7, 11) is 0. The lowest BCUT2D eigenvalue weighted by Gasteiger charge is -1.84. The van der Waals surface area contributed by atoms with Crippen LogP contribution in [0, 0.1) is 6.92 Å². The third-order valence-electron chi connectivity index (χ3n) is 1.25. The van der Waals surface area contributed by atoms with Gasteiger partial charge >= 0.3 is 0 Å². The molecule has 0 spiro atoms. The molecule has 64 valence electrons. The van der Waals surface area contributed by atoms with Crippen LogP contribution in [0.2, 0.25) is 0 Å². The Morgan fingerprint density at radius 3 is 2.75 bits per heavy atom. The van der Waals surface area contributed by atoms with Crippen molar-refractivity contribution in [3.05, 3.63) is 16.6 Å². The van der Waals surface area contributed by atoms with Crippen molar-refractivity contribution in [1.29, 1.82) is 0 Å². The molecular weight excluding hydrogens is 174 g/mol. The molecule has 0 atom stereocenters. The number of hydrogen-bond donors (Lipinski definition) is 2. The molecule has 5 heteroatoms. The van der Waals surface area contributed by atoms with Crippen molar-refractivity contribution in [3.8, 4) is 0 Å². The van der Waals surface area contributed by atoms with Crippen LogP contribution in [-0.2, 0) is 4.79 Å². The molecule has 0 bridgehead atoms. The molecule has 0 saturated carbocycles. The monoisotopic (exact) mass is 183 g/mol. The number of nitrogens with zero attached hydrogens (tertiary/aromatic N) is 1. The van der Waals surface area contributed by atoms with Crippen LogP contribution in [0.25, 0.3) is 6.08 Å². The highest BCUT2D eigenvalue weighted by atomic mass is 32.1. The highest BCUT2D eigenvalue weighted by Crippen LogP contribution is 2.20. The Balaban J connectivity index is 2.89. The van der Waals surface area contributed by atoms with Crippen molar-refractivity contribution in [1.82, 2.24) is 4.98 Å². The van der Waals surface area contributed by atoms with E-state index < -0.39 is 5.91 Å². The van der Waals surface area contributed by atoms with Crippen molar-refractivity contribution in [2.45, 2.75) is 6.92 Å². The number of amides is 1. The van der Waals surface area contributed by atoms with Gasteiger partial charge in [0.1, 0.15) is 0 Å². The number of aryl methyl sites for hydroxylation is 1. The van der Waals surface area contributed by atoms with Gasteiger partial charge in [-0.1, -0.05) is 11.3 Å². The van der Waals surface area contributed by atoms with Gasteiger partial charge in [-0.15, -0.1) is 0 Å². The number of carbonyl (C=O) groups excluding carboxylic acids is 1. The molecule has 0 radical (unpaired) electrons. The second kappa shape index (κ2) is 3.36. The van der Waals surface area contributed by atoms with E-state index in [1.165, 1.54) is 17.4 Å². The molecule has 0 aliphatic rings. The Labute approximate surface area is 73.9 Å². The van der Waals surface area contributed by atoms with Crippen molar-refractivity contribution >= 4 is 28.5 Å². The molecule has 4 N–H and O–H groups in total. The molecule has 1 amide bonds. The maximum atomic E-state index is 10.4. The summed E-state index contributed by atoms with van der Waals surface area (Å²) in [5.74, 6) is -0.471. The number of thiazole rings is 1. The molecule has 4 nitrogen and oxygen atoms in total. The molecule has 1 aromatic heterocycles. The number of primary amides is 1. The zero-order valence-electron chi connectivity index (χ0n) is 6.57. The van der Waals surface area contributed by atoms with Gasteiger partial charge in [-0.25, -0.2) is 4.98 Å². The van der Waals surface area contributed by atoms with Crippen LogP contribution < -0.4 is 11.5 Å². The lowest BCUT2D eigenvalue weighted by atomic mass is 10.3. The average Bonchev–Trinajstić information content (AvgIpc) is 2.26. The first-order chi connectivity index (χ1) is 5.59. The van der Waals surface area contributed by atoms with Crippen LogP contribution in [0.4, 0.5) is 5.13 Å². The van der Waals surface area contributed by atoms with Gasteiger partial charge in [0.15, 0.2) is 5.13 Å². The summed E-state index contributed by atoms with van der Waals surface area (Å²) in [4.78, 5) is 15.2. The SMILES string of the molecule is Cc1nc(N)sc1C=CC(N)=O. The van der Waals surface area contributed by atoms with Crippen molar-refractivity contribution < 1.29 is 4.79 Å². The smallest absolute Gasteiger partial charge is 0.241 e. The van der Waals surface area contributed by atoms with Crippen molar-refractivity contribution in [3.63, 3.8) is 0 Å². The van der Waals surface area contributed by atoms with Gasteiger partial charge in [0.2, 0.25) is 5.91 Å². The molecule has 1 rings (SSSR count). The maximum Gasteiger partial charge on any atom is 0.241 e. The van der Waals surface area contributed by atoms with E-state index in [0.717, 1.165) is 10.6 Å². The summed E-state index contributed by atoms with van der Waals surface area (Å²) in [5.41, 5.74) is 11.2. The van der Waals surface area contributed by atoms with Crippen LogP contribution in [0.3, 0.4) is 0 Å². The van der Waals surface area contributed by atoms with E-state index in [1.54, 1.807) is 6.08 Å². The van der Waals surface area contributed by atoms with Gasteiger partial charge in [0.05, 0.1) is 10.6 Å². The van der Waals surface area contributed by atoms with Crippen LogP contribution in [0.1, 0.15) is 10.6 Å². The Bertz CT molecular complexity index is 329.